The number of Topliss-reactive ketones (excluding diaryl/α,β-unsaturated/α-hetero) is 1. The molecule has 0 unspecified atom stereocenters. The molecule has 0 fully saturated rings. The van der Waals surface area contributed by atoms with Crippen LogP contribution in [0.15, 0.2) is 66.9 Å². The minimum absolute atomic E-state index is 0.0827. The maximum atomic E-state index is 13.2. The average Bonchev–Trinajstić information content (AvgIpc) is 2.98. The van der Waals surface area contributed by atoms with E-state index in [1.165, 1.54) is 31.2 Å². The van der Waals surface area contributed by atoms with Gasteiger partial charge in [-0.25, -0.2) is 4.98 Å². The predicted molar refractivity (Wildman–Crippen MR) is 168 cm³/mol. The first-order chi connectivity index (χ1) is 21.8. The number of alkyl halides is 3. The molecule has 3 aromatic carbocycles. The molecule has 238 valence electrons. The molecule has 0 spiro atoms. The molecule has 0 aliphatic carbocycles. The van der Waals surface area contributed by atoms with E-state index in [-0.39, 0.29) is 18.1 Å². The second kappa shape index (κ2) is 11.9. The molecule has 6 rings (SSSR count). The van der Waals surface area contributed by atoms with Gasteiger partial charge < -0.3 is 18.9 Å². The molecule has 0 saturated carbocycles. The number of hydrogen-bond acceptors (Lipinski definition) is 7. The molecule has 0 N–H and O–H groups in total. The minimum atomic E-state index is -4.76. The van der Waals surface area contributed by atoms with Crippen molar-refractivity contribution < 1.29 is 36.9 Å². The lowest BCUT2D eigenvalue weighted by molar-refractivity contribution is -0.274. The molecule has 0 saturated heterocycles. The SMILES string of the molecule is CC(=O)[C@@H](OC(C)(C)C)c1c(C)cc2nc(OCc3ccc(OC(F)(F)F)cc3)ccc2c1-c1ccc2c3c(ccnc13)CCO2. The second-order valence-corrected chi connectivity index (χ2v) is 12.3. The van der Waals surface area contributed by atoms with Gasteiger partial charge in [0.2, 0.25) is 5.88 Å². The van der Waals surface area contributed by atoms with E-state index in [9.17, 15) is 18.0 Å². The zero-order valence-corrected chi connectivity index (χ0v) is 26.1. The van der Waals surface area contributed by atoms with Gasteiger partial charge in [-0.15, -0.1) is 13.2 Å². The van der Waals surface area contributed by atoms with Crippen LogP contribution in [0.25, 0.3) is 32.9 Å². The van der Waals surface area contributed by atoms with Crippen molar-refractivity contribution >= 4 is 27.6 Å². The van der Waals surface area contributed by atoms with Crippen LogP contribution in [0, 0.1) is 6.92 Å². The number of ether oxygens (including phenoxy) is 4. The van der Waals surface area contributed by atoms with Crippen LogP contribution in [-0.2, 0) is 22.6 Å². The van der Waals surface area contributed by atoms with Crippen molar-refractivity contribution in [1.82, 2.24) is 9.97 Å². The van der Waals surface area contributed by atoms with Gasteiger partial charge in [-0.05, 0) is 105 Å². The molecule has 0 radical (unpaired) electrons. The summed E-state index contributed by atoms with van der Waals surface area (Å²) in [5, 5.41) is 1.73. The number of benzene rings is 3. The van der Waals surface area contributed by atoms with E-state index in [1.54, 1.807) is 12.3 Å². The zero-order chi connectivity index (χ0) is 32.8. The first-order valence-corrected chi connectivity index (χ1v) is 14.9. The van der Waals surface area contributed by atoms with Gasteiger partial charge in [0.15, 0.2) is 5.78 Å². The molecule has 5 aromatic rings. The van der Waals surface area contributed by atoms with Gasteiger partial charge in [-0.1, -0.05) is 12.1 Å². The molecule has 0 bridgehead atoms. The Balaban J connectivity index is 1.46. The highest BCUT2D eigenvalue weighted by Crippen LogP contribution is 2.45. The molecule has 46 heavy (non-hydrogen) atoms. The van der Waals surface area contributed by atoms with Gasteiger partial charge in [-0.2, -0.15) is 0 Å². The molecule has 1 aliphatic heterocycles. The zero-order valence-electron chi connectivity index (χ0n) is 26.1. The molecule has 0 amide bonds. The maximum Gasteiger partial charge on any atom is 0.573 e. The van der Waals surface area contributed by atoms with Crippen molar-refractivity contribution in [1.29, 1.82) is 0 Å². The number of nitrogens with zero attached hydrogens (tertiary/aromatic N) is 2. The van der Waals surface area contributed by atoms with E-state index >= 15 is 0 Å². The van der Waals surface area contributed by atoms with Crippen molar-refractivity contribution in [3.05, 3.63) is 89.1 Å². The molecule has 3 heterocycles. The number of ketones is 1. The van der Waals surface area contributed by atoms with Crippen molar-refractivity contribution in [2.24, 2.45) is 0 Å². The number of hydrogen-bond donors (Lipinski definition) is 0. The summed E-state index contributed by atoms with van der Waals surface area (Å²) in [6, 6.07) is 17.0. The van der Waals surface area contributed by atoms with Crippen molar-refractivity contribution in [2.45, 2.75) is 65.7 Å². The van der Waals surface area contributed by atoms with Crippen LogP contribution in [-0.4, -0.2) is 34.3 Å². The number of fused-ring (bicyclic) bond motifs is 1. The van der Waals surface area contributed by atoms with Gasteiger partial charge in [0.25, 0.3) is 0 Å². The van der Waals surface area contributed by atoms with Crippen LogP contribution in [0.5, 0.6) is 17.4 Å². The van der Waals surface area contributed by atoms with Crippen LogP contribution in [0.1, 0.15) is 56.1 Å². The molecular formula is C36H33F3N2O5. The number of aryl methyl sites for hydroxylation is 1. The molecule has 1 aliphatic rings. The fourth-order valence-electron chi connectivity index (χ4n) is 5.86. The van der Waals surface area contributed by atoms with E-state index in [1.807, 2.05) is 58.0 Å². The largest absolute Gasteiger partial charge is 0.573 e. The first-order valence-electron chi connectivity index (χ1n) is 14.9. The normalized spacial score (nSPS) is 13.8. The Morgan fingerprint density at radius 3 is 2.48 bits per heavy atom. The van der Waals surface area contributed by atoms with Crippen molar-refractivity contribution in [2.75, 3.05) is 6.61 Å². The standard InChI is InChI=1S/C36H33F3N2O5/c1-20-18-27-25(11-13-29(41-27)44-19-22-6-8-24(9-7-22)45-36(37,38)39)32(30(20)34(21(2)42)46-35(3,4)5)26-10-12-28-31-23(15-17-43-28)14-16-40-33(26)31/h6-14,16,18,34H,15,17,19H2,1-5H3/t34-/m1/s1. The van der Waals surface area contributed by atoms with Crippen LogP contribution in [0.4, 0.5) is 13.2 Å². The summed E-state index contributed by atoms with van der Waals surface area (Å²) >= 11 is 0. The van der Waals surface area contributed by atoms with E-state index in [0.717, 1.165) is 56.3 Å². The average molecular weight is 631 g/mol. The van der Waals surface area contributed by atoms with E-state index in [2.05, 4.69) is 4.74 Å². The summed E-state index contributed by atoms with van der Waals surface area (Å²) in [7, 11) is 0. The summed E-state index contributed by atoms with van der Waals surface area (Å²) < 4.78 is 59.9. The van der Waals surface area contributed by atoms with Gasteiger partial charge in [0.05, 0.1) is 23.2 Å². The lowest BCUT2D eigenvalue weighted by Crippen LogP contribution is -2.27. The highest BCUT2D eigenvalue weighted by atomic mass is 19.4. The Bertz CT molecular complexity index is 1940. The van der Waals surface area contributed by atoms with Crippen LogP contribution in [0.2, 0.25) is 0 Å². The predicted octanol–water partition coefficient (Wildman–Crippen LogP) is 8.62. The number of halogens is 3. The minimum Gasteiger partial charge on any atom is -0.493 e. The Morgan fingerprint density at radius 1 is 1.02 bits per heavy atom. The van der Waals surface area contributed by atoms with Gasteiger partial charge >= 0.3 is 6.36 Å². The summed E-state index contributed by atoms with van der Waals surface area (Å²) in [5.74, 6) is 0.668. The summed E-state index contributed by atoms with van der Waals surface area (Å²) in [4.78, 5) is 22.8. The first kappa shape index (κ1) is 31.3. The number of carbonyl (C=O) groups excluding carboxylic acids is 1. The van der Waals surface area contributed by atoms with Gasteiger partial charge in [0.1, 0.15) is 24.2 Å². The topological polar surface area (TPSA) is 79.8 Å². The Kier molecular flexibility index (Phi) is 8.10. The number of rotatable bonds is 8. The highest BCUT2D eigenvalue weighted by Gasteiger charge is 2.32. The number of carbonyl (C=O) groups is 1. The third kappa shape index (κ3) is 6.48. The quantitative estimate of drug-likeness (QED) is 0.170. The fourth-order valence-corrected chi connectivity index (χ4v) is 5.86. The van der Waals surface area contributed by atoms with Crippen molar-refractivity contribution in [3.8, 4) is 28.5 Å². The summed E-state index contributed by atoms with van der Waals surface area (Å²) in [6.07, 6.45) is -3.04. The van der Waals surface area contributed by atoms with E-state index < -0.39 is 18.1 Å². The fraction of sp³-hybridized carbons (Fsp3) is 0.306. The Labute approximate surface area is 264 Å². The van der Waals surface area contributed by atoms with Gasteiger partial charge in [0, 0.05) is 35.0 Å². The lowest BCUT2D eigenvalue weighted by Gasteiger charge is -2.30. The Hall–Kier alpha value is -4.70. The number of pyridine rings is 2. The molecule has 7 nitrogen and oxygen atoms in total. The molecule has 2 aromatic heterocycles. The second-order valence-electron chi connectivity index (χ2n) is 12.3. The van der Waals surface area contributed by atoms with Crippen LogP contribution in [0.3, 0.4) is 0 Å². The monoisotopic (exact) mass is 630 g/mol. The summed E-state index contributed by atoms with van der Waals surface area (Å²) in [5.41, 5.74) is 5.76. The maximum absolute atomic E-state index is 13.2. The van der Waals surface area contributed by atoms with Crippen molar-refractivity contribution in [3.63, 3.8) is 0 Å². The smallest absolute Gasteiger partial charge is 0.493 e. The van der Waals surface area contributed by atoms with E-state index in [0.29, 0.717) is 23.6 Å². The van der Waals surface area contributed by atoms with Gasteiger partial charge in [-0.3, -0.25) is 9.78 Å². The van der Waals surface area contributed by atoms with Crippen LogP contribution < -0.4 is 14.2 Å². The van der Waals surface area contributed by atoms with E-state index in [4.69, 9.17) is 24.2 Å². The lowest BCUT2D eigenvalue weighted by atomic mass is 9.86. The third-order valence-electron chi connectivity index (χ3n) is 7.70. The van der Waals surface area contributed by atoms with Crippen LogP contribution >= 0.6 is 0 Å². The number of aromatic nitrogens is 2. The third-order valence-corrected chi connectivity index (χ3v) is 7.70. The molecular weight excluding hydrogens is 597 g/mol. The summed E-state index contributed by atoms with van der Waals surface area (Å²) in [6.45, 7) is 9.90. The molecule has 1 atom stereocenters. The highest BCUT2D eigenvalue weighted by molar-refractivity contribution is 6.08. The molecule has 10 heteroatoms. The Morgan fingerprint density at radius 2 is 1.78 bits per heavy atom.